The van der Waals surface area contributed by atoms with Crippen LogP contribution in [0.5, 0.6) is 0 Å². The quantitative estimate of drug-likeness (QED) is 0.380. The van der Waals surface area contributed by atoms with Crippen molar-refractivity contribution >= 4 is 32.4 Å². The van der Waals surface area contributed by atoms with Crippen molar-refractivity contribution in [3.8, 4) is 0 Å². The van der Waals surface area contributed by atoms with Crippen LogP contribution < -0.4 is 9.80 Å². The molecule has 9 heteroatoms. The van der Waals surface area contributed by atoms with Crippen molar-refractivity contribution in [2.45, 2.75) is 38.8 Å². The van der Waals surface area contributed by atoms with Gasteiger partial charge in [-0.15, -0.1) is 5.10 Å². The molecule has 1 aliphatic rings. The van der Waals surface area contributed by atoms with Crippen LogP contribution in [0, 0.1) is 0 Å². The number of piperazine rings is 1. The molecule has 1 saturated heterocycles. The first kappa shape index (κ1) is 23.7. The molecule has 1 fully saturated rings. The molecule has 35 heavy (non-hydrogen) atoms. The number of para-hydroxylation sites is 1. The Bertz CT molecular complexity index is 1240. The number of aromatic nitrogens is 5. The van der Waals surface area contributed by atoms with Gasteiger partial charge in [0.25, 0.3) is 0 Å². The van der Waals surface area contributed by atoms with E-state index in [1.807, 2.05) is 4.68 Å². The average Bonchev–Trinajstić information content (AvgIpc) is 3.53. The number of rotatable bonds is 7. The molecule has 0 amide bonds. The monoisotopic (exact) mass is 490 g/mol. The smallest absolute Gasteiger partial charge is 0.186 e. The molecular formula is C26H34N8S. The summed E-state index contributed by atoms with van der Waals surface area (Å²) in [6.07, 6.45) is 0.947. The van der Waals surface area contributed by atoms with Crippen LogP contribution in [0.1, 0.15) is 44.6 Å². The van der Waals surface area contributed by atoms with Gasteiger partial charge < -0.3 is 9.80 Å². The Morgan fingerprint density at radius 1 is 1.00 bits per heavy atom. The minimum Gasteiger partial charge on any atom is -0.378 e. The first-order chi connectivity index (χ1) is 16.9. The Labute approximate surface area is 211 Å². The standard InChI is InChI=1S/C26H34N8S/c1-6-26(2,3)34-24(28-29-30-34)23(19-11-13-20(14-12-19)31(4)5)32-15-17-33(18-16-32)25-27-21-9-7-8-10-22(21)35-25/h7-14,23H,6,15-18H2,1-5H3. The number of fused-ring (bicyclic) bond motifs is 1. The zero-order chi connectivity index (χ0) is 24.6. The summed E-state index contributed by atoms with van der Waals surface area (Å²) in [6.45, 7) is 10.2. The highest BCUT2D eigenvalue weighted by atomic mass is 32.1. The second kappa shape index (κ2) is 9.54. The predicted molar refractivity (Wildman–Crippen MR) is 143 cm³/mol. The van der Waals surface area contributed by atoms with Gasteiger partial charge >= 0.3 is 0 Å². The van der Waals surface area contributed by atoms with Crippen molar-refractivity contribution < 1.29 is 0 Å². The van der Waals surface area contributed by atoms with E-state index in [4.69, 9.17) is 4.98 Å². The van der Waals surface area contributed by atoms with Gasteiger partial charge in [-0.05, 0) is 60.5 Å². The third-order valence-corrected chi connectivity index (χ3v) is 8.23. The molecule has 1 aliphatic heterocycles. The van der Waals surface area contributed by atoms with E-state index < -0.39 is 0 Å². The Morgan fingerprint density at radius 3 is 2.37 bits per heavy atom. The van der Waals surface area contributed by atoms with Crippen LogP contribution in [0.15, 0.2) is 48.5 Å². The summed E-state index contributed by atoms with van der Waals surface area (Å²) in [5, 5.41) is 14.2. The Kier molecular flexibility index (Phi) is 6.46. The maximum atomic E-state index is 4.88. The highest BCUT2D eigenvalue weighted by Crippen LogP contribution is 2.34. The van der Waals surface area contributed by atoms with Gasteiger partial charge in [-0.25, -0.2) is 9.67 Å². The van der Waals surface area contributed by atoms with Crippen LogP contribution in [-0.2, 0) is 5.54 Å². The second-order valence-electron chi connectivity index (χ2n) is 9.99. The topological polar surface area (TPSA) is 66.2 Å². The first-order valence-electron chi connectivity index (χ1n) is 12.3. The van der Waals surface area contributed by atoms with Gasteiger partial charge in [0.05, 0.1) is 21.8 Å². The minimum atomic E-state index is -0.163. The number of tetrazole rings is 1. The van der Waals surface area contributed by atoms with Crippen LogP contribution in [0.25, 0.3) is 10.2 Å². The SMILES string of the molecule is CCC(C)(C)n1nnnc1C(c1ccc(N(C)C)cc1)N1CCN(c2nc3ccccc3s2)CC1. The molecule has 0 bridgehead atoms. The summed E-state index contributed by atoms with van der Waals surface area (Å²) in [5.74, 6) is 0.905. The van der Waals surface area contributed by atoms with Crippen LogP contribution >= 0.6 is 11.3 Å². The van der Waals surface area contributed by atoms with Gasteiger partial charge in [0, 0.05) is 46.0 Å². The number of hydrogen-bond acceptors (Lipinski definition) is 8. The molecule has 3 heterocycles. The molecule has 0 spiro atoms. The predicted octanol–water partition coefficient (Wildman–Crippen LogP) is 4.41. The molecule has 1 atom stereocenters. The minimum absolute atomic E-state index is 0.00967. The Morgan fingerprint density at radius 2 is 1.71 bits per heavy atom. The van der Waals surface area contributed by atoms with E-state index in [0.717, 1.165) is 49.1 Å². The lowest BCUT2D eigenvalue weighted by atomic mass is 9.99. The van der Waals surface area contributed by atoms with Crippen molar-refractivity contribution in [2.75, 3.05) is 50.1 Å². The molecular weight excluding hydrogens is 456 g/mol. The third kappa shape index (κ3) is 4.62. The van der Waals surface area contributed by atoms with Crippen LogP contribution in [0.2, 0.25) is 0 Å². The number of benzene rings is 2. The van der Waals surface area contributed by atoms with Crippen LogP contribution in [0.4, 0.5) is 10.8 Å². The molecule has 0 aliphatic carbocycles. The molecule has 0 saturated carbocycles. The van der Waals surface area contributed by atoms with Gasteiger partial charge in [-0.2, -0.15) is 0 Å². The van der Waals surface area contributed by atoms with Gasteiger partial charge in [0.2, 0.25) is 0 Å². The molecule has 2 aromatic carbocycles. The molecule has 5 rings (SSSR count). The highest BCUT2D eigenvalue weighted by Gasteiger charge is 2.34. The first-order valence-corrected chi connectivity index (χ1v) is 13.1. The van der Waals surface area contributed by atoms with Crippen molar-refractivity contribution in [1.82, 2.24) is 30.1 Å². The molecule has 1 unspecified atom stereocenters. The van der Waals surface area contributed by atoms with E-state index >= 15 is 0 Å². The normalized spacial score (nSPS) is 16.1. The Balaban J connectivity index is 1.44. The summed E-state index contributed by atoms with van der Waals surface area (Å²) >= 11 is 1.78. The highest BCUT2D eigenvalue weighted by molar-refractivity contribution is 7.22. The molecule has 8 nitrogen and oxygen atoms in total. The fourth-order valence-electron chi connectivity index (χ4n) is 4.59. The number of nitrogens with zero attached hydrogens (tertiary/aromatic N) is 8. The molecule has 2 aromatic heterocycles. The van der Waals surface area contributed by atoms with Crippen molar-refractivity contribution in [2.24, 2.45) is 0 Å². The number of hydrogen-bond donors (Lipinski definition) is 0. The number of thiazole rings is 1. The van der Waals surface area contributed by atoms with E-state index in [9.17, 15) is 0 Å². The summed E-state index contributed by atoms with van der Waals surface area (Å²) in [4.78, 5) is 11.9. The summed E-state index contributed by atoms with van der Waals surface area (Å²) in [7, 11) is 4.14. The molecule has 184 valence electrons. The van der Waals surface area contributed by atoms with Crippen molar-refractivity contribution in [3.63, 3.8) is 0 Å². The number of anilines is 2. The lowest BCUT2D eigenvalue weighted by Gasteiger charge is -2.39. The molecule has 0 N–H and O–H groups in total. The summed E-state index contributed by atoms with van der Waals surface area (Å²) < 4.78 is 3.27. The van der Waals surface area contributed by atoms with Gasteiger partial charge in [-0.3, -0.25) is 4.90 Å². The van der Waals surface area contributed by atoms with Gasteiger partial charge in [0.15, 0.2) is 11.0 Å². The maximum Gasteiger partial charge on any atom is 0.186 e. The van der Waals surface area contributed by atoms with Crippen LogP contribution in [-0.4, -0.2) is 70.4 Å². The van der Waals surface area contributed by atoms with Crippen LogP contribution in [0.3, 0.4) is 0 Å². The third-order valence-electron chi connectivity index (χ3n) is 7.13. The average molecular weight is 491 g/mol. The zero-order valence-electron chi connectivity index (χ0n) is 21.2. The zero-order valence-corrected chi connectivity index (χ0v) is 22.0. The van der Waals surface area contributed by atoms with Crippen molar-refractivity contribution in [1.29, 1.82) is 0 Å². The lowest BCUT2D eigenvalue weighted by molar-refractivity contribution is 0.187. The van der Waals surface area contributed by atoms with Gasteiger partial charge in [0.1, 0.15) is 0 Å². The summed E-state index contributed by atoms with van der Waals surface area (Å²) in [6, 6.07) is 17.2. The largest absolute Gasteiger partial charge is 0.378 e. The summed E-state index contributed by atoms with van der Waals surface area (Å²) in [5.41, 5.74) is 3.31. The Hall–Kier alpha value is -3.04. The lowest BCUT2D eigenvalue weighted by Crippen LogP contribution is -2.48. The van der Waals surface area contributed by atoms with Crippen molar-refractivity contribution in [3.05, 3.63) is 59.9 Å². The molecule has 4 aromatic rings. The van der Waals surface area contributed by atoms with E-state index in [2.05, 4.69) is 114 Å². The van der Waals surface area contributed by atoms with Gasteiger partial charge in [-0.1, -0.05) is 42.5 Å². The van der Waals surface area contributed by atoms with E-state index in [1.165, 1.54) is 16.0 Å². The van der Waals surface area contributed by atoms with E-state index in [1.54, 1.807) is 11.3 Å². The van der Waals surface area contributed by atoms with E-state index in [-0.39, 0.29) is 11.6 Å². The maximum absolute atomic E-state index is 4.88. The second-order valence-corrected chi connectivity index (χ2v) is 11.0. The van der Waals surface area contributed by atoms with E-state index in [0.29, 0.717) is 0 Å². The molecule has 0 radical (unpaired) electrons. The fraction of sp³-hybridized carbons (Fsp3) is 0.462. The fourth-order valence-corrected chi connectivity index (χ4v) is 5.61.